The molecule has 0 saturated carbocycles. The zero-order valence-electron chi connectivity index (χ0n) is 16.6. The maximum absolute atomic E-state index is 12.8. The maximum atomic E-state index is 12.8. The van der Waals surface area contributed by atoms with Crippen LogP contribution in [0.4, 0.5) is 0 Å². The number of imidazole rings is 2. The molecule has 1 amide bonds. The van der Waals surface area contributed by atoms with E-state index in [0.29, 0.717) is 30.3 Å². The Hall–Kier alpha value is -3.04. The minimum Gasteiger partial charge on any atom is -0.376 e. The lowest BCUT2D eigenvalue weighted by molar-refractivity contribution is 0.0855. The molecular weight excluding hydrogens is 400 g/mol. The number of fused-ring (bicyclic) bond motifs is 1. The summed E-state index contributed by atoms with van der Waals surface area (Å²) in [5.74, 6) is 0.443. The van der Waals surface area contributed by atoms with Gasteiger partial charge in [-0.2, -0.15) is 0 Å². The number of thiazole rings is 1. The molecule has 0 spiro atoms. The molecule has 4 aromatic heterocycles. The Morgan fingerprint density at radius 1 is 1.37 bits per heavy atom. The third-order valence-electron chi connectivity index (χ3n) is 5.15. The Morgan fingerprint density at radius 2 is 2.30 bits per heavy atom. The molecule has 1 atom stereocenters. The molecule has 0 aromatic carbocycles. The number of nitrogens with zero attached hydrogens (tertiary/aromatic N) is 5. The highest BCUT2D eigenvalue weighted by Crippen LogP contribution is 2.22. The van der Waals surface area contributed by atoms with Crippen LogP contribution in [0.3, 0.4) is 0 Å². The van der Waals surface area contributed by atoms with Gasteiger partial charge >= 0.3 is 0 Å². The summed E-state index contributed by atoms with van der Waals surface area (Å²) in [6, 6.07) is 5.72. The van der Waals surface area contributed by atoms with Crippen LogP contribution in [0.1, 0.15) is 34.0 Å². The molecule has 0 bridgehead atoms. The standard InChI is InChI=1S/C21H22N6O2S/c1-14-24-15(12-30-14)10-26-11-17(23-13-26)20-25-19(18-6-2-3-7-27(18)20)21(28)22-9-16-5-4-8-29-16/h2-3,6-7,11-13,16H,4-5,8-10H2,1H3,(H,22,28). The minimum absolute atomic E-state index is 0.0901. The van der Waals surface area contributed by atoms with Gasteiger partial charge in [0.15, 0.2) is 11.5 Å². The van der Waals surface area contributed by atoms with Crippen molar-refractivity contribution in [1.29, 1.82) is 0 Å². The number of ether oxygens (including phenoxy) is 1. The van der Waals surface area contributed by atoms with Gasteiger partial charge in [-0.1, -0.05) is 6.07 Å². The van der Waals surface area contributed by atoms with Crippen molar-refractivity contribution < 1.29 is 9.53 Å². The SMILES string of the molecule is Cc1nc(Cn2cnc(-c3nc(C(=O)NCC4CCCO4)c4ccccn34)c2)cs1. The first-order valence-electron chi connectivity index (χ1n) is 9.97. The zero-order chi connectivity index (χ0) is 20.5. The molecule has 9 heteroatoms. The van der Waals surface area contributed by atoms with Crippen LogP contribution in [0.25, 0.3) is 17.0 Å². The van der Waals surface area contributed by atoms with E-state index in [1.165, 1.54) is 0 Å². The fraction of sp³-hybridized carbons (Fsp3) is 0.333. The van der Waals surface area contributed by atoms with Crippen LogP contribution >= 0.6 is 11.3 Å². The van der Waals surface area contributed by atoms with E-state index in [1.54, 1.807) is 17.7 Å². The number of pyridine rings is 1. The third kappa shape index (κ3) is 3.73. The van der Waals surface area contributed by atoms with Gasteiger partial charge in [0.2, 0.25) is 0 Å². The lowest BCUT2D eigenvalue weighted by Crippen LogP contribution is -2.32. The van der Waals surface area contributed by atoms with Crippen LogP contribution in [0.2, 0.25) is 0 Å². The lowest BCUT2D eigenvalue weighted by Gasteiger charge is -2.09. The smallest absolute Gasteiger partial charge is 0.272 e. The Labute approximate surface area is 177 Å². The van der Waals surface area contributed by atoms with Gasteiger partial charge in [0.05, 0.1) is 35.2 Å². The van der Waals surface area contributed by atoms with Crippen molar-refractivity contribution in [3.05, 3.63) is 58.7 Å². The second-order valence-corrected chi connectivity index (χ2v) is 8.44. The zero-order valence-corrected chi connectivity index (χ0v) is 17.4. The van der Waals surface area contributed by atoms with Crippen LogP contribution in [-0.4, -0.2) is 49.1 Å². The third-order valence-corrected chi connectivity index (χ3v) is 5.97. The Kier molecular flexibility index (Phi) is 5.06. The van der Waals surface area contributed by atoms with E-state index in [0.717, 1.165) is 35.7 Å². The van der Waals surface area contributed by atoms with Crippen LogP contribution in [0, 0.1) is 6.92 Å². The van der Waals surface area contributed by atoms with E-state index in [9.17, 15) is 4.79 Å². The quantitative estimate of drug-likeness (QED) is 0.516. The summed E-state index contributed by atoms with van der Waals surface area (Å²) in [6.45, 7) is 3.91. The first-order valence-corrected chi connectivity index (χ1v) is 10.9. The van der Waals surface area contributed by atoms with Crippen LogP contribution in [0.5, 0.6) is 0 Å². The number of carbonyl (C=O) groups excluding carboxylic acids is 1. The number of hydrogen-bond donors (Lipinski definition) is 1. The topological polar surface area (TPSA) is 86.3 Å². The predicted octanol–water partition coefficient (Wildman–Crippen LogP) is 2.92. The van der Waals surface area contributed by atoms with Crippen molar-refractivity contribution in [2.24, 2.45) is 0 Å². The van der Waals surface area contributed by atoms with Gasteiger partial charge < -0.3 is 14.6 Å². The molecule has 1 N–H and O–H groups in total. The normalized spacial score (nSPS) is 16.4. The largest absolute Gasteiger partial charge is 0.376 e. The van der Waals surface area contributed by atoms with E-state index >= 15 is 0 Å². The van der Waals surface area contributed by atoms with Crippen molar-refractivity contribution in [3.63, 3.8) is 0 Å². The molecule has 154 valence electrons. The molecule has 1 saturated heterocycles. The molecule has 1 aliphatic heterocycles. The van der Waals surface area contributed by atoms with Gasteiger partial charge in [0.1, 0.15) is 5.69 Å². The molecule has 1 fully saturated rings. The molecule has 8 nitrogen and oxygen atoms in total. The van der Waals surface area contributed by atoms with Crippen molar-refractivity contribution >= 4 is 22.8 Å². The highest BCUT2D eigenvalue weighted by atomic mass is 32.1. The average molecular weight is 423 g/mol. The Bertz CT molecular complexity index is 1190. The number of nitrogens with one attached hydrogen (secondary N) is 1. The van der Waals surface area contributed by atoms with Gasteiger partial charge in [0, 0.05) is 30.9 Å². The Balaban J connectivity index is 1.41. The first-order chi connectivity index (χ1) is 14.7. The highest BCUT2D eigenvalue weighted by molar-refractivity contribution is 7.09. The van der Waals surface area contributed by atoms with Crippen molar-refractivity contribution in [1.82, 2.24) is 29.2 Å². The Morgan fingerprint density at radius 3 is 3.10 bits per heavy atom. The number of aryl methyl sites for hydroxylation is 1. The fourth-order valence-corrected chi connectivity index (χ4v) is 4.31. The number of rotatable bonds is 6. The maximum Gasteiger partial charge on any atom is 0.272 e. The molecule has 0 radical (unpaired) electrons. The van der Waals surface area contributed by atoms with Gasteiger partial charge in [-0.25, -0.2) is 15.0 Å². The van der Waals surface area contributed by atoms with Gasteiger partial charge in [0.25, 0.3) is 5.91 Å². The minimum atomic E-state index is -0.196. The molecule has 30 heavy (non-hydrogen) atoms. The van der Waals surface area contributed by atoms with Crippen LogP contribution < -0.4 is 5.32 Å². The van der Waals surface area contributed by atoms with E-state index in [2.05, 4.69) is 25.6 Å². The second kappa shape index (κ2) is 8.00. The second-order valence-electron chi connectivity index (χ2n) is 7.37. The van der Waals surface area contributed by atoms with Crippen molar-refractivity contribution in [3.8, 4) is 11.5 Å². The van der Waals surface area contributed by atoms with Gasteiger partial charge in [-0.3, -0.25) is 9.20 Å². The van der Waals surface area contributed by atoms with Crippen LogP contribution in [0.15, 0.2) is 42.3 Å². The number of carbonyl (C=O) groups is 1. The van der Waals surface area contributed by atoms with E-state index in [4.69, 9.17) is 4.74 Å². The lowest BCUT2D eigenvalue weighted by atomic mass is 10.2. The van der Waals surface area contributed by atoms with E-state index < -0.39 is 0 Å². The van der Waals surface area contributed by atoms with Crippen LogP contribution in [-0.2, 0) is 11.3 Å². The summed E-state index contributed by atoms with van der Waals surface area (Å²) >= 11 is 1.63. The number of hydrogen-bond acceptors (Lipinski definition) is 6. The average Bonchev–Trinajstić information content (AvgIpc) is 3.54. The molecular formula is C21H22N6O2S. The van der Waals surface area contributed by atoms with E-state index in [-0.39, 0.29) is 12.0 Å². The molecule has 5 rings (SSSR count). The summed E-state index contributed by atoms with van der Waals surface area (Å²) in [5, 5.41) is 6.06. The number of aromatic nitrogens is 5. The molecule has 5 heterocycles. The van der Waals surface area contributed by atoms with Crippen molar-refractivity contribution in [2.45, 2.75) is 32.4 Å². The predicted molar refractivity (Wildman–Crippen MR) is 114 cm³/mol. The summed E-state index contributed by atoms with van der Waals surface area (Å²) in [4.78, 5) is 26.5. The molecule has 1 unspecified atom stereocenters. The monoisotopic (exact) mass is 422 g/mol. The summed E-state index contributed by atoms with van der Waals surface area (Å²) < 4.78 is 9.48. The first kappa shape index (κ1) is 19.0. The fourth-order valence-electron chi connectivity index (χ4n) is 3.71. The number of amides is 1. The molecule has 1 aliphatic rings. The van der Waals surface area contributed by atoms with Crippen molar-refractivity contribution in [2.75, 3.05) is 13.2 Å². The summed E-state index contributed by atoms with van der Waals surface area (Å²) in [5.41, 5.74) is 2.86. The van der Waals surface area contributed by atoms with Gasteiger partial charge in [-0.05, 0) is 31.9 Å². The molecule has 0 aliphatic carbocycles. The van der Waals surface area contributed by atoms with E-state index in [1.807, 2.05) is 46.5 Å². The van der Waals surface area contributed by atoms with Gasteiger partial charge in [-0.15, -0.1) is 11.3 Å². The molecule has 4 aromatic rings. The summed E-state index contributed by atoms with van der Waals surface area (Å²) in [6.07, 6.45) is 7.71. The highest BCUT2D eigenvalue weighted by Gasteiger charge is 2.22. The summed E-state index contributed by atoms with van der Waals surface area (Å²) in [7, 11) is 0.